The van der Waals surface area contributed by atoms with Crippen molar-refractivity contribution in [3.05, 3.63) is 41.5 Å². The Labute approximate surface area is 166 Å². The number of hydrogen-bond donors (Lipinski definition) is 1. The number of aromatic nitrogens is 4. The summed E-state index contributed by atoms with van der Waals surface area (Å²) in [7, 11) is -9.06. The molecule has 30 heavy (non-hydrogen) atoms. The van der Waals surface area contributed by atoms with Crippen LogP contribution in [0.5, 0.6) is 11.6 Å². The molecule has 0 fully saturated rings. The van der Waals surface area contributed by atoms with Gasteiger partial charge in [-0.3, -0.25) is 10.2 Å². The van der Waals surface area contributed by atoms with Crippen LogP contribution in [-0.2, 0) is 6.54 Å². The van der Waals surface area contributed by atoms with Crippen molar-refractivity contribution in [3.63, 3.8) is 0 Å². The van der Waals surface area contributed by atoms with Crippen molar-refractivity contribution < 1.29 is 33.7 Å². The number of rotatable bonds is 7. The van der Waals surface area contributed by atoms with Gasteiger partial charge in [0.25, 0.3) is 0 Å². The summed E-state index contributed by atoms with van der Waals surface area (Å²) in [6, 6.07) is 4.05. The second kappa shape index (κ2) is 6.42. The fraction of sp³-hybridized carbons (Fsp3) is 0.250. The number of ketones is 1. The van der Waals surface area contributed by atoms with Crippen LogP contribution in [0.3, 0.4) is 0 Å². The van der Waals surface area contributed by atoms with Crippen molar-refractivity contribution in [1.82, 2.24) is 19.4 Å². The Hall–Kier alpha value is -3.16. The first-order chi connectivity index (χ1) is 13.7. The van der Waals surface area contributed by atoms with Gasteiger partial charge < -0.3 is 9.47 Å². The summed E-state index contributed by atoms with van der Waals surface area (Å²) < 4.78 is 77.8. The van der Waals surface area contributed by atoms with Gasteiger partial charge in [0.05, 0.1) is 13.7 Å². The molecule has 164 valence electrons. The van der Waals surface area contributed by atoms with E-state index in [9.17, 15) is 24.2 Å². The molecule has 3 rings (SSSR count). The summed E-state index contributed by atoms with van der Waals surface area (Å²) in [5.74, 6) is -1.34. The number of Topliss-reactive ketones (excluding diaryl/α,β-unsaturated/α-hetero) is 1. The number of nitrogens with one attached hydrogen (secondary N) is 1. The number of nitrogens with zero attached hydrogens (tertiary/aromatic N) is 4. The third-order valence-electron chi connectivity index (χ3n) is 3.93. The van der Waals surface area contributed by atoms with E-state index in [0.717, 1.165) is 22.4 Å². The zero-order valence-corrected chi connectivity index (χ0v) is 16.4. The number of carbonyl (C=O) groups excluding carboxylic acids is 1. The van der Waals surface area contributed by atoms with Gasteiger partial charge in [0.15, 0.2) is 11.4 Å². The summed E-state index contributed by atoms with van der Waals surface area (Å²) in [6.07, 6.45) is 0. The van der Waals surface area contributed by atoms with Gasteiger partial charge in [0, 0.05) is 17.7 Å². The third-order valence-corrected chi connectivity index (χ3v) is 5.05. The molecule has 1 N–H and O–H groups in total. The average molecular weight is 453 g/mol. The highest BCUT2D eigenvalue weighted by atomic mass is 32.5. The molecule has 2 heterocycles. The Kier molecular flexibility index (Phi) is 4.61. The van der Waals surface area contributed by atoms with Crippen LogP contribution >= 0.6 is 10.2 Å². The fourth-order valence-corrected chi connectivity index (χ4v) is 3.24. The van der Waals surface area contributed by atoms with Crippen LogP contribution in [0.25, 0.3) is 5.65 Å². The summed E-state index contributed by atoms with van der Waals surface area (Å²) >= 11 is 0. The molecule has 0 spiro atoms. The summed E-state index contributed by atoms with van der Waals surface area (Å²) in [5, 5.41) is 16.0. The van der Waals surface area contributed by atoms with Gasteiger partial charge in [-0.05, 0) is 25.1 Å². The number of carbonyl (C=O) groups is 1. The topological polar surface area (TPSA) is 94.5 Å². The SMILES string of the molecule is CCOc1ccc2nn(CC(=O)c3cc(OC)cc(S(F)(F)(F)(F)F)c3)c(=N)n2n1. The third kappa shape index (κ3) is 4.37. The van der Waals surface area contributed by atoms with E-state index in [1.807, 2.05) is 0 Å². The Morgan fingerprint density at radius 3 is 2.43 bits per heavy atom. The predicted molar refractivity (Wildman–Crippen MR) is 96.7 cm³/mol. The largest absolute Gasteiger partial charge is 0.497 e. The smallest absolute Gasteiger partial charge is 0.310 e. The molecule has 0 bridgehead atoms. The first-order valence-electron chi connectivity index (χ1n) is 8.32. The van der Waals surface area contributed by atoms with Crippen LogP contribution < -0.4 is 15.1 Å². The predicted octanol–water partition coefficient (Wildman–Crippen LogP) is 3.96. The van der Waals surface area contributed by atoms with E-state index in [4.69, 9.17) is 10.1 Å². The van der Waals surface area contributed by atoms with Crippen LogP contribution in [0.1, 0.15) is 17.3 Å². The lowest BCUT2D eigenvalue weighted by atomic mass is 10.1. The lowest BCUT2D eigenvalue weighted by Gasteiger charge is -2.40. The van der Waals surface area contributed by atoms with Gasteiger partial charge in [-0.2, -0.15) is 4.52 Å². The fourth-order valence-electron chi connectivity index (χ4n) is 2.55. The molecular formula is C16H16F5N5O3S. The van der Waals surface area contributed by atoms with Gasteiger partial charge >= 0.3 is 10.2 Å². The van der Waals surface area contributed by atoms with E-state index in [2.05, 4.69) is 14.9 Å². The number of fused-ring (bicyclic) bond motifs is 1. The Morgan fingerprint density at radius 1 is 1.13 bits per heavy atom. The van der Waals surface area contributed by atoms with Gasteiger partial charge in [-0.15, -0.1) is 10.2 Å². The Morgan fingerprint density at radius 2 is 1.83 bits per heavy atom. The highest BCUT2D eigenvalue weighted by molar-refractivity contribution is 8.45. The molecule has 2 aromatic heterocycles. The maximum absolute atomic E-state index is 13.2. The Balaban J connectivity index is 2.01. The standard InChI is InChI=1S/C16H16F5N5O3S/c1-3-29-15-5-4-14-23-25(16(22)26(14)24-15)9-13(27)10-6-11(28-2)8-12(7-10)30(17,18,19,20)21/h4-8,22H,3,9H2,1-2H3. The second-order valence-electron chi connectivity index (χ2n) is 6.15. The van der Waals surface area contributed by atoms with Crippen molar-refractivity contribution in [1.29, 1.82) is 5.41 Å². The molecule has 3 aromatic rings. The van der Waals surface area contributed by atoms with E-state index < -0.39 is 38.8 Å². The number of halogens is 5. The van der Waals surface area contributed by atoms with Crippen molar-refractivity contribution in [3.8, 4) is 11.6 Å². The lowest BCUT2D eigenvalue weighted by Crippen LogP contribution is -2.26. The van der Waals surface area contributed by atoms with Crippen LogP contribution in [0, 0.1) is 5.41 Å². The highest BCUT2D eigenvalue weighted by Crippen LogP contribution is 3.02. The maximum Gasteiger partial charge on any atom is 0.310 e. The second-order valence-corrected chi connectivity index (χ2v) is 8.55. The molecule has 0 aliphatic rings. The molecule has 14 heteroatoms. The minimum absolute atomic E-state index is 0.0673. The molecule has 0 saturated carbocycles. The monoisotopic (exact) mass is 453 g/mol. The van der Waals surface area contributed by atoms with Crippen LogP contribution in [0.2, 0.25) is 0 Å². The molecule has 0 amide bonds. The summed E-state index contributed by atoms with van der Waals surface area (Å²) in [6.45, 7) is 1.37. The number of ether oxygens (including phenoxy) is 2. The lowest BCUT2D eigenvalue weighted by molar-refractivity contribution is 0.0965. The van der Waals surface area contributed by atoms with Crippen LogP contribution in [0.15, 0.2) is 35.2 Å². The van der Waals surface area contributed by atoms with Gasteiger partial charge in [-0.1, -0.05) is 19.4 Å². The van der Waals surface area contributed by atoms with Crippen molar-refractivity contribution in [2.75, 3.05) is 13.7 Å². The minimum Gasteiger partial charge on any atom is -0.497 e. The number of benzene rings is 1. The molecule has 0 saturated heterocycles. The normalized spacial score (nSPS) is 14.2. The van der Waals surface area contributed by atoms with Gasteiger partial charge in [0.2, 0.25) is 11.5 Å². The van der Waals surface area contributed by atoms with Crippen molar-refractivity contribution >= 4 is 21.7 Å². The molecule has 0 unspecified atom stereocenters. The van der Waals surface area contributed by atoms with Crippen molar-refractivity contribution in [2.24, 2.45) is 0 Å². The zero-order valence-electron chi connectivity index (χ0n) is 15.6. The van der Waals surface area contributed by atoms with Crippen LogP contribution in [-0.4, -0.2) is 38.9 Å². The maximum atomic E-state index is 13.2. The van der Waals surface area contributed by atoms with E-state index in [1.54, 1.807) is 6.92 Å². The van der Waals surface area contributed by atoms with E-state index in [-0.39, 0.29) is 29.3 Å². The molecular weight excluding hydrogens is 437 g/mol. The molecule has 0 aliphatic carbocycles. The Bertz CT molecular complexity index is 1210. The van der Waals surface area contributed by atoms with E-state index in [0.29, 0.717) is 6.61 Å². The number of methoxy groups -OCH3 is 1. The highest BCUT2D eigenvalue weighted by Gasteiger charge is 2.65. The van der Waals surface area contributed by atoms with Gasteiger partial charge in [0.1, 0.15) is 17.2 Å². The summed E-state index contributed by atoms with van der Waals surface area (Å²) in [4.78, 5) is 10.3. The van der Waals surface area contributed by atoms with E-state index in [1.165, 1.54) is 12.1 Å². The van der Waals surface area contributed by atoms with Crippen molar-refractivity contribution in [2.45, 2.75) is 18.4 Å². The van der Waals surface area contributed by atoms with E-state index >= 15 is 0 Å². The average Bonchev–Trinajstić information content (AvgIpc) is 2.95. The first kappa shape index (κ1) is 21.5. The molecule has 0 aliphatic heterocycles. The zero-order chi connectivity index (χ0) is 22.4. The first-order valence-corrected chi connectivity index (χ1v) is 10.3. The summed E-state index contributed by atoms with van der Waals surface area (Å²) in [5.41, 5.74) is -0.852. The van der Waals surface area contributed by atoms with Crippen LogP contribution in [0.4, 0.5) is 19.4 Å². The molecule has 0 radical (unpaired) electrons. The molecule has 8 nitrogen and oxygen atoms in total. The number of hydrogen-bond acceptors (Lipinski definition) is 6. The quantitative estimate of drug-likeness (QED) is 0.432. The molecule has 0 atom stereocenters. The molecule has 1 aromatic carbocycles. The minimum atomic E-state index is -10.0. The van der Waals surface area contributed by atoms with Gasteiger partial charge in [-0.25, -0.2) is 4.68 Å².